The Hall–Kier alpha value is -0.650. The van der Waals surface area contributed by atoms with Gasteiger partial charge in [0.25, 0.3) is 0 Å². The predicted octanol–water partition coefficient (Wildman–Crippen LogP) is -0.686. The van der Waals surface area contributed by atoms with Gasteiger partial charge in [-0.1, -0.05) is 20.8 Å². The molecule has 3 atom stereocenters. The Bertz CT molecular complexity index is 252. The molecule has 4 N–H and O–H groups in total. The topological polar surface area (TPSA) is 86.8 Å². The van der Waals surface area contributed by atoms with Gasteiger partial charge in [-0.3, -0.25) is 4.79 Å². The number of nitrogens with zero attached hydrogens (tertiary/aromatic N) is 1. The molecule has 16 heavy (non-hydrogen) atoms. The summed E-state index contributed by atoms with van der Waals surface area (Å²) >= 11 is 0. The minimum Gasteiger partial charge on any atom is -0.388 e. The van der Waals surface area contributed by atoms with Gasteiger partial charge in [0.05, 0.1) is 12.2 Å². The third-order valence-corrected chi connectivity index (χ3v) is 3.12. The predicted molar refractivity (Wildman–Crippen MR) is 60.6 cm³/mol. The summed E-state index contributed by atoms with van der Waals surface area (Å²) in [5, 5.41) is 18.7. The first-order valence-electron chi connectivity index (χ1n) is 5.61. The molecule has 94 valence electrons. The maximum atomic E-state index is 11.8. The SMILES string of the molecule is CC(C)(C)C(N)CC(=O)N1CC(O)C(O)C1. The van der Waals surface area contributed by atoms with Crippen molar-refractivity contribution in [2.24, 2.45) is 11.1 Å². The molecule has 0 aliphatic carbocycles. The summed E-state index contributed by atoms with van der Waals surface area (Å²) in [4.78, 5) is 13.3. The smallest absolute Gasteiger partial charge is 0.224 e. The molecule has 1 amide bonds. The van der Waals surface area contributed by atoms with E-state index >= 15 is 0 Å². The minimum atomic E-state index is -0.824. The van der Waals surface area contributed by atoms with Gasteiger partial charge in [-0.05, 0) is 5.41 Å². The monoisotopic (exact) mass is 230 g/mol. The van der Waals surface area contributed by atoms with Crippen LogP contribution in [0.4, 0.5) is 0 Å². The number of β-amino-alcohol motifs (C(OH)–C–C–N with tert-alkyl or cyclic N) is 2. The summed E-state index contributed by atoms with van der Waals surface area (Å²) in [5.41, 5.74) is 5.80. The highest BCUT2D eigenvalue weighted by Crippen LogP contribution is 2.21. The molecule has 0 bridgehead atoms. The van der Waals surface area contributed by atoms with Crippen molar-refractivity contribution in [2.45, 2.75) is 45.4 Å². The number of aliphatic hydroxyl groups is 2. The van der Waals surface area contributed by atoms with E-state index in [1.54, 1.807) is 0 Å². The summed E-state index contributed by atoms with van der Waals surface area (Å²) < 4.78 is 0. The van der Waals surface area contributed by atoms with Crippen molar-refractivity contribution < 1.29 is 15.0 Å². The van der Waals surface area contributed by atoms with Gasteiger partial charge >= 0.3 is 0 Å². The van der Waals surface area contributed by atoms with E-state index in [0.717, 1.165) is 0 Å². The van der Waals surface area contributed by atoms with Crippen LogP contribution in [0.3, 0.4) is 0 Å². The molecule has 5 nitrogen and oxygen atoms in total. The number of carbonyl (C=O) groups is 1. The average Bonchev–Trinajstić information content (AvgIpc) is 2.45. The van der Waals surface area contributed by atoms with E-state index < -0.39 is 12.2 Å². The molecular formula is C11H22N2O3. The Morgan fingerprint density at radius 2 is 1.81 bits per heavy atom. The van der Waals surface area contributed by atoms with Crippen LogP contribution in [-0.4, -0.2) is 52.4 Å². The highest BCUT2D eigenvalue weighted by Gasteiger charge is 2.34. The van der Waals surface area contributed by atoms with E-state index in [4.69, 9.17) is 5.73 Å². The van der Waals surface area contributed by atoms with Crippen molar-refractivity contribution in [3.63, 3.8) is 0 Å². The van der Waals surface area contributed by atoms with Crippen LogP contribution < -0.4 is 5.73 Å². The van der Waals surface area contributed by atoms with Crippen LogP contribution in [0.15, 0.2) is 0 Å². The van der Waals surface area contributed by atoms with Gasteiger partial charge in [0.15, 0.2) is 0 Å². The second kappa shape index (κ2) is 4.69. The molecule has 1 aliphatic heterocycles. The van der Waals surface area contributed by atoms with Gasteiger partial charge < -0.3 is 20.8 Å². The molecule has 0 aromatic rings. The largest absolute Gasteiger partial charge is 0.388 e. The van der Waals surface area contributed by atoms with Gasteiger partial charge in [0.1, 0.15) is 0 Å². The Balaban J connectivity index is 2.48. The average molecular weight is 230 g/mol. The lowest BCUT2D eigenvalue weighted by Gasteiger charge is -2.28. The van der Waals surface area contributed by atoms with Gasteiger partial charge in [-0.2, -0.15) is 0 Å². The van der Waals surface area contributed by atoms with Crippen molar-refractivity contribution in [3.05, 3.63) is 0 Å². The number of likely N-dealkylation sites (tertiary alicyclic amines) is 1. The van der Waals surface area contributed by atoms with Gasteiger partial charge in [0.2, 0.25) is 5.91 Å². The van der Waals surface area contributed by atoms with E-state index in [0.29, 0.717) is 0 Å². The van der Waals surface area contributed by atoms with Gasteiger partial charge in [-0.25, -0.2) is 0 Å². The fourth-order valence-corrected chi connectivity index (χ4v) is 1.60. The van der Waals surface area contributed by atoms with Crippen molar-refractivity contribution in [2.75, 3.05) is 13.1 Å². The number of carbonyl (C=O) groups excluding carboxylic acids is 1. The van der Waals surface area contributed by atoms with E-state index in [1.807, 2.05) is 20.8 Å². The molecule has 0 saturated carbocycles. The van der Waals surface area contributed by atoms with Crippen LogP contribution in [0.5, 0.6) is 0 Å². The molecule has 1 fully saturated rings. The van der Waals surface area contributed by atoms with Crippen LogP contribution in [0.1, 0.15) is 27.2 Å². The summed E-state index contributed by atoms with van der Waals surface area (Å²) in [6, 6.07) is -0.213. The summed E-state index contributed by atoms with van der Waals surface area (Å²) in [6.45, 7) is 6.36. The molecule has 1 aliphatic rings. The molecule has 3 unspecified atom stereocenters. The summed E-state index contributed by atoms with van der Waals surface area (Å²) in [7, 11) is 0. The molecule has 0 radical (unpaired) electrons. The van der Waals surface area contributed by atoms with E-state index in [2.05, 4.69) is 0 Å². The molecule has 0 aromatic carbocycles. The lowest BCUT2D eigenvalue weighted by molar-refractivity contribution is -0.131. The normalized spacial score (nSPS) is 28.2. The second-order valence-corrected chi connectivity index (χ2v) is 5.61. The Morgan fingerprint density at radius 1 is 1.38 bits per heavy atom. The van der Waals surface area contributed by atoms with Crippen LogP contribution in [-0.2, 0) is 4.79 Å². The van der Waals surface area contributed by atoms with Crippen LogP contribution in [0.2, 0.25) is 0 Å². The van der Waals surface area contributed by atoms with Crippen molar-refractivity contribution in [1.82, 2.24) is 4.90 Å². The van der Waals surface area contributed by atoms with E-state index in [-0.39, 0.29) is 36.9 Å². The molecule has 1 heterocycles. The number of amides is 1. The Labute approximate surface area is 96.2 Å². The zero-order chi connectivity index (χ0) is 12.5. The molecule has 1 saturated heterocycles. The fourth-order valence-electron chi connectivity index (χ4n) is 1.60. The first-order chi connectivity index (χ1) is 7.21. The molecule has 5 heteroatoms. The molecular weight excluding hydrogens is 208 g/mol. The number of aliphatic hydroxyl groups excluding tert-OH is 2. The Morgan fingerprint density at radius 3 is 2.19 bits per heavy atom. The first kappa shape index (κ1) is 13.4. The quantitative estimate of drug-likeness (QED) is 0.586. The molecule has 0 spiro atoms. The highest BCUT2D eigenvalue weighted by molar-refractivity contribution is 5.77. The highest BCUT2D eigenvalue weighted by atomic mass is 16.3. The van der Waals surface area contributed by atoms with Crippen molar-refractivity contribution >= 4 is 5.91 Å². The van der Waals surface area contributed by atoms with Crippen LogP contribution in [0, 0.1) is 5.41 Å². The maximum Gasteiger partial charge on any atom is 0.224 e. The van der Waals surface area contributed by atoms with E-state index in [1.165, 1.54) is 4.90 Å². The Kier molecular flexibility index (Phi) is 3.93. The van der Waals surface area contributed by atoms with Gasteiger partial charge in [0, 0.05) is 25.6 Å². The van der Waals surface area contributed by atoms with E-state index in [9.17, 15) is 15.0 Å². The van der Waals surface area contributed by atoms with Crippen LogP contribution >= 0.6 is 0 Å². The standard InChI is InChI=1S/C11H22N2O3/c1-11(2,3)9(12)4-10(16)13-5-7(14)8(15)6-13/h7-9,14-15H,4-6,12H2,1-3H3. The minimum absolute atomic E-state index is 0.0991. The lowest BCUT2D eigenvalue weighted by Crippen LogP contribution is -2.41. The number of nitrogens with two attached hydrogens (primary N) is 1. The number of hydrogen-bond donors (Lipinski definition) is 3. The third kappa shape index (κ3) is 3.17. The zero-order valence-electron chi connectivity index (χ0n) is 10.2. The molecule has 0 aromatic heterocycles. The maximum absolute atomic E-state index is 11.8. The second-order valence-electron chi connectivity index (χ2n) is 5.61. The zero-order valence-corrected chi connectivity index (χ0v) is 10.2. The molecule has 1 rings (SSSR count). The van der Waals surface area contributed by atoms with Gasteiger partial charge in [-0.15, -0.1) is 0 Å². The summed E-state index contributed by atoms with van der Waals surface area (Å²) in [5.74, 6) is -0.0991. The first-order valence-corrected chi connectivity index (χ1v) is 5.61. The number of hydrogen-bond acceptors (Lipinski definition) is 4. The lowest BCUT2D eigenvalue weighted by atomic mass is 9.85. The van der Waals surface area contributed by atoms with Crippen molar-refractivity contribution in [1.29, 1.82) is 0 Å². The third-order valence-electron chi connectivity index (χ3n) is 3.12. The van der Waals surface area contributed by atoms with Crippen molar-refractivity contribution in [3.8, 4) is 0 Å². The van der Waals surface area contributed by atoms with Crippen LogP contribution in [0.25, 0.3) is 0 Å². The fraction of sp³-hybridized carbons (Fsp3) is 0.909. The number of rotatable bonds is 2. The summed E-state index contributed by atoms with van der Waals surface area (Å²) in [6.07, 6.45) is -1.40.